The maximum Gasteiger partial charge on any atom is 0.338 e. The van der Waals surface area contributed by atoms with Crippen molar-refractivity contribution in [1.29, 1.82) is 0 Å². The maximum atomic E-state index is 13.3. The second-order valence-electron chi connectivity index (χ2n) is 9.74. The van der Waals surface area contributed by atoms with E-state index < -0.39 is 61.2 Å². The van der Waals surface area contributed by atoms with Crippen molar-refractivity contribution < 1.29 is 48.0 Å². The minimum absolute atomic E-state index is 0.154. The number of esters is 4. The van der Waals surface area contributed by atoms with Crippen molar-refractivity contribution in [3.8, 4) is 0 Å². The standard InChI is InChI=1S/C34H28O10/c35-30(22-13-5-1-6-14-22)40-21-26-27(42-31(36)23-15-7-2-8-16-23)28(43-32(37)24-17-9-3-10-18-24)29(34(39)41-26)44-33(38)25-19-11-4-12-20-25/h1-20,26-29,34,39H,21H2/t26?,27-,28?,29-,34+/m1/s1. The number of aliphatic hydroxyl groups is 1. The zero-order chi connectivity index (χ0) is 30.9. The summed E-state index contributed by atoms with van der Waals surface area (Å²) in [5.74, 6) is -3.21. The van der Waals surface area contributed by atoms with Crippen LogP contribution in [0.1, 0.15) is 41.4 Å². The van der Waals surface area contributed by atoms with Gasteiger partial charge in [-0.2, -0.15) is 0 Å². The molecule has 0 spiro atoms. The molecule has 0 saturated carbocycles. The summed E-state index contributed by atoms with van der Waals surface area (Å²) in [4.78, 5) is 52.3. The molecule has 4 aromatic rings. The quantitative estimate of drug-likeness (QED) is 0.221. The Kier molecular flexibility index (Phi) is 9.75. The average molecular weight is 597 g/mol. The number of carbonyl (C=O) groups excluding carboxylic acids is 4. The Morgan fingerprint density at radius 1 is 0.500 bits per heavy atom. The number of aliphatic hydroxyl groups excluding tert-OH is 1. The van der Waals surface area contributed by atoms with Crippen molar-refractivity contribution in [2.45, 2.75) is 30.7 Å². The minimum atomic E-state index is -1.86. The van der Waals surface area contributed by atoms with E-state index in [9.17, 15) is 24.3 Å². The fourth-order valence-electron chi connectivity index (χ4n) is 4.54. The zero-order valence-corrected chi connectivity index (χ0v) is 23.3. The molecule has 0 amide bonds. The molecule has 44 heavy (non-hydrogen) atoms. The molecule has 224 valence electrons. The first-order valence-electron chi connectivity index (χ1n) is 13.7. The van der Waals surface area contributed by atoms with Crippen molar-refractivity contribution in [1.82, 2.24) is 0 Å². The highest BCUT2D eigenvalue weighted by Crippen LogP contribution is 2.30. The highest BCUT2D eigenvalue weighted by Gasteiger charge is 2.52. The first-order chi connectivity index (χ1) is 21.4. The van der Waals surface area contributed by atoms with Gasteiger partial charge in [-0.25, -0.2) is 19.2 Å². The van der Waals surface area contributed by atoms with Crippen LogP contribution in [0.4, 0.5) is 0 Å². The molecule has 10 heteroatoms. The summed E-state index contributed by atoms with van der Waals surface area (Å²) in [7, 11) is 0. The van der Waals surface area contributed by atoms with E-state index in [2.05, 4.69) is 0 Å². The van der Waals surface area contributed by atoms with Crippen LogP contribution in [0.15, 0.2) is 121 Å². The van der Waals surface area contributed by atoms with Gasteiger partial charge in [-0.1, -0.05) is 72.8 Å². The van der Waals surface area contributed by atoms with Gasteiger partial charge in [0.05, 0.1) is 22.3 Å². The Hall–Kier alpha value is -5.32. The van der Waals surface area contributed by atoms with Crippen LogP contribution >= 0.6 is 0 Å². The molecular formula is C34H28O10. The van der Waals surface area contributed by atoms with Gasteiger partial charge < -0.3 is 28.8 Å². The van der Waals surface area contributed by atoms with Gasteiger partial charge in [0.2, 0.25) is 0 Å². The van der Waals surface area contributed by atoms with Gasteiger partial charge in [0, 0.05) is 0 Å². The Bertz CT molecular complexity index is 1560. The molecule has 1 heterocycles. The van der Waals surface area contributed by atoms with Crippen molar-refractivity contribution in [2.24, 2.45) is 0 Å². The van der Waals surface area contributed by atoms with Crippen molar-refractivity contribution >= 4 is 23.9 Å². The SMILES string of the molecule is O=C(OCC1O[C@H](O)[C@H](OC(=O)c2ccccc2)C(OC(=O)c2ccccc2)[C@@H]1OC(=O)c1ccccc1)c1ccccc1. The summed E-state index contributed by atoms with van der Waals surface area (Å²) >= 11 is 0. The van der Waals surface area contributed by atoms with E-state index in [0.717, 1.165) is 0 Å². The van der Waals surface area contributed by atoms with Crippen LogP contribution in [-0.4, -0.2) is 66.3 Å². The lowest BCUT2D eigenvalue weighted by molar-refractivity contribution is -0.284. The van der Waals surface area contributed by atoms with Crippen molar-refractivity contribution in [3.63, 3.8) is 0 Å². The van der Waals surface area contributed by atoms with Gasteiger partial charge >= 0.3 is 23.9 Å². The van der Waals surface area contributed by atoms with Crippen LogP contribution < -0.4 is 0 Å². The Morgan fingerprint density at radius 3 is 1.25 bits per heavy atom. The van der Waals surface area contributed by atoms with E-state index in [4.69, 9.17) is 23.7 Å². The third-order valence-corrected chi connectivity index (χ3v) is 6.76. The number of hydrogen-bond acceptors (Lipinski definition) is 10. The third-order valence-electron chi connectivity index (χ3n) is 6.76. The van der Waals surface area contributed by atoms with Crippen LogP contribution in [0.2, 0.25) is 0 Å². The van der Waals surface area contributed by atoms with E-state index >= 15 is 0 Å². The summed E-state index contributed by atoms with van der Waals surface area (Å²) in [6.45, 7) is -0.504. The molecule has 1 fully saturated rings. The Morgan fingerprint density at radius 2 is 0.841 bits per heavy atom. The molecule has 0 radical (unpaired) electrons. The largest absolute Gasteiger partial charge is 0.459 e. The zero-order valence-electron chi connectivity index (χ0n) is 23.3. The number of hydrogen-bond donors (Lipinski definition) is 1. The second kappa shape index (κ2) is 14.2. The Labute approximate surface area is 252 Å². The molecule has 0 bridgehead atoms. The van der Waals surface area contributed by atoms with Crippen LogP contribution in [0.3, 0.4) is 0 Å². The fourth-order valence-corrected chi connectivity index (χ4v) is 4.54. The van der Waals surface area contributed by atoms with Crippen molar-refractivity contribution in [2.75, 3.05) is 6.61 Å². The van der Waals surface area contributed by atoms with Gasteiger partial charge in [0.1, 0.15) is 12.7 Å². The molecule has 5 rings (SSSR count). The number of ether oxygens (including phenoxy) is 5. The van der Waals surface area contributed by atoms with Crippen LogP contribution in [0, 0.1) is 0 Å². The topological polar surface area (TPSA) is 135 Å². The van der Waals surface area contributed by atoms with Gasteiger partial charge in [-0.15, -0.1) is 0 Å². The van der Waals surface area contributed by atoms with E-state index in [1.54, 1.807) is 84.9 Å². The van der Waals surface area contributed by atoms with E-state index in [1.807, 2.05) is 0 Å². The maximum absolute atomic E-state index is 13.3. The summed E-state index contributed by atoms with van der Waals surface area (Å²) in [6, 6.07) is 32.1. The Balaban J connectivity index is 1.48. The van der Waals surface area contributed by atoms with Gasteiger partial charge in [0.25, 0.3) is 0 Å². The van der Waals surface area contributed by atoms with Crippen LogP contribution in [-0.2, 0) is 23.7 Å². The van der Waals surface area contributed by atoms with Crippen LogP contribution in [0.25, 0.3) is 0 Å². The molecule has 0 aliphatic carbocycles. The number of benzene rings is 4. The fraction of sp³-hybridized carbons (Fsp3) is 0.176. The first kappa shape index (κ1) is 30.1. The smallest absolute Gasteiger partial charge is 0.338 e. The predicted octanol–water partition coefficient (Wildman–Crippen LogP) is 4.24. The summed E-state index contributed by atoms with van der Waals surface area (Å²) in [6.07, 6.45) is -7.89. The molecule has 1 saturated heterocycles. The molecule has 0 aromatic heterocycles. The highest BCUT2D eigenvalue weighted by molar-refractivity contribution is 5.91. The molecule has 2 unspecified atom stereocenters. The molecule has 10 nitrogen and oxygen atoms in total. The molecule has 5 atom stereocenters. The molecule has 1 aliphatic heterocycles. The summed E-state index contributed by atoms with van der Waals surface area (Å²) in [5, 5.41) is 11.1. The molecule has 4 aromatic carbocycles. The second-order valence-corrected chi connectivity index (χ2v) is 9.74. The normalized spacial score (nSPS) is 21.0. The summed E-state index contributed by atoms with van der Waals surface area (Å²) in [5.41, 5.74) is 0.736. The molecule has 1 aliphatic rings. The van der Waals surface area contributed by atoms with Gasteiger partial charge in [0.15, 0.2) is 24.6 Å². The first-order valence-corrected chi connectivity index (χ1v) is 13.7. The monoisotopic (exact) mass is 596 g/mol. The summed E-state index contributed by atoms with van der Waals surface area (Å²) < 4.78 is 28.4. The van der Waals surface area contributed by atoms with Crippen molar-refractivity contribution in [3.05, 3.63) is 144 Å². The molecule has 1 N–H and O–H groups in total. The lowest BCUT2D eigenvalue weighted by Crippen LogP contribution is -2.62. The van der Waals surface area contributed by atoms with Gasteiger partial charge in [-0.05, 0) is 48.5 Å². The highest BCUT2D eigenvalue weighted by atomic mass is 16.7. The van der Waals surface area contributed by atoms with E-state index in [-0.39, 0.29) is 22.3 Å². The average Bonchev–Trinajstić information content (AvgIpc) is 3.07. The number of carbonyl (C=O) groups is 4. The van der Waals surface area contributed by atoms with Crippen LogP contribution in [0.5, 0.6) is 0 Å². The lowest BCUT2D eigenvalue weighted by atomic mass is 9.97. The van der Waals surface area contributed by atoms with E-state index in [1.165, 1.54) is 36.4 Å². The van der Waals surface area contributed by atoms with Gasteiger partial charge in [-0.3, -0.25) is 0 Å². The van der Waals surface area contributed by atoms with E-state index in [0.29, 0.717) is 0 Å². The molecular weight excluding hydrogens is 568 g/mol. The third kappa shape index (κ3) is 7.35. The minimum Gasteiger partial charge on any atom is -0.459 e. The lowest BCUT2D eigenvalue weighted by Gasteiger charge is -2.42. The number of rotatable bonds is 9. The predicted molar refractivity (Wildman–Crippen MR) is 155 cm³/mol.